The lowest BCUT2D eigenvalue weighted by atomic mass is 10.2. The third-order valence-electron chi connectivity index (χ3n) is 2.80. The molecule has 0 unspecified atom stereocenters. The van der Waals surface area contributed by atoms with Gasteiger partial charge < -0.3 is 19.3 Å². The first-order valence-electron chi connectivity index (χ1n) is 6.51. The van der Waals surface area contributed by atoms with E-state index in [4.69, 9.17) is 14.0 Å². The molecule has 1 aromatic heterocycles. The minimum absolute atomic E-state index is 0.516. The Kier molecular flexibility index (Phi) is 5.52. The molecule has 0 fully saturated rings. The van der Waals surface area contributed by atoms with Crippen LogP contribution < -0.4 is 5.32 Å². The molecule has 6 nitrogen and oxygen atoms in total. The summed E-state index contributed by atoms with van der Waals surface area (Å²) < 4.78 is 15.6. The van der Waals surface area contributed by atoms with E-state index in [0.29, 0.717) is 38.0 Å². The van der Waals surface area contributed by atoms with Crippen LogP contribution in [0.5, 0.6) is 0 Å². The molecule has 0 saturated heterocycles. The van der Waals surface area contributed by atoms with Crippen LogP contribution in [-0.2, 0) is 15.9 Å². The molecule has 20 heavy (non-hydrogen) atoms. The molecular formula is C14H19N3O3. The van der Waals surface area contributed by atoms with Crippen molar-refractivity contribution in [1.82, 2.24) is 10.1 Å². The molecule has 108 valence electrons. The summed E-state index contributed by atoms with van der Waals surface area (Å²) in [7, 11) is 3.51. The van der Waals surface area contributed by atoms with E-state index in [0.717, 1.165) is 11.3 Å². The van der Waals surface area contributed by atoms with Crippen molar-refractivity contribution in [2.45, 2.75) is 6.42 Å². The molecule has 0 aliphatic rings. The van der Waals surface area contributed by atoms with Crippen LogP contribution >= 0.6 is 0 Å². The summed E-state index contributed by atoms with van der Waals surface area (Å²) in [5.74, 6) is 1.16. The van der Waals surface area contributed by atoms with Gasteiger partial charge in [-0.2, -0.15) is 4.98 Å². The van der Waals surface area contributed by atoms with Gasteiger partial charge in [-0.15, -0.1) is 0 Å². The van der Waals surface area contributed by atoms with Crippen molar-refractivity contribution in [3.8, 4) is 11.5 Å². The smallest absolute Gasteiger partial charge is 0.260 e. The normalized spacial score (nSPS) is 10.7. The molecule has 0 saturated carbocycles. The molecule has 1 N–H and O–H groups in total. The second-order valence-corrected chi connectivity index (χ2v) is 4.17. The SMILES string of the molecule is CNc1ccccc1-c1nc(CCOCCOC)no1. The number of hydrogen-bond acceptors (Lipinski definition) is 6. The van der Waals surface area contributed by atoms with E-state index in [9.17, 15) is 0 Å². The maximum atomic E-state index is 5.38. The van der Waals surface area contributed by atoms with E-state index < -0.39 is 0 Å². The zero-order valence-corrected chi connectivity index (χ0v) is 11.8. The number of hydrogen-bond donors (Lipinski definition) is 1. The molecule has 0 atom stereocenters. The molecule has 0 aliphatic heterocycles. The molecule has 6 heteroatoms. The number of anilines is 1. The van der Waals surface area contributed by atoms with Crippen LogP contribution in [0.4, 0.5) is 5.69 Å². The van der Waals surface area contributed by atoms with Crippen molar-refractivity contribution in [2.24, 2.45) is 0 Å². The van der Waals surface area contributed by atoms with E-state index in [1.54, 1.807) is 7.11 Å². The molecule has 2 aromatic rings. The molecule has 0 aliphatic carbocycles. The lowest BCUT2D eigenvalue weighted by Crippen LogP contribution is -2.05. The van der Waals surface area contributed by atoms with Crippen molar-refractivity contribution >= 4 is 5.69 Å². The monoisotopic (exact) mass is 277 g/mol. The zero-order valence-electron chi connectivity index (χ0n) is 11.8. The maximum absolute atomic E-state index is 5.38. The second-order valence-electron chi connectivity index (χ2n) is 4.17. The average molecular weight is 277 g/mol. The van der Waals surface area contributed by atoms with Gasteiger partial charge in [0, 0.05) is 26.3 Å². The summed E-state index contributed by atoms with van der Waals surface area (Å²) in [6, 6.07) is 7.80. The summed E-state index contributed by atoms with van der Waals surface area (Å²) in [5, 5.41) is 7.06. The van der Waals surface area contributed by atoms with Crippen molar-refractivity contribution in [2.75, 3.05) is 39.3 Å². The fraction of sp³-hybridized carbons (Fsp3) is 0.429. The summed E-state index contributed by atoms with van der Waals surface area (Å²) >= 11 is 0. The highest BCUT2D eigenvalue weighted by atomic mass is 16.5. The van der Waals surface area contributed by atoms with Crippen LogP contribution in [0.25, 0.3) is 11.5 Å². The fourth-order valence-electron chi connectivity index (χ4n) is 1.76. The third kappa shape index (κ3) is 3.79. The Bertz CT molecular complexity index is 528. The molecule has 2 rings (SSSR count). The standard InChI is InChI=1S/C14H19N3O3/c1-15-12-6-4-3-5-11(12)14-16-13(17-20-14)7-8-19-10-9-18-2/h3-6,15H,7-10H2,1-2H3. The van der Waals surface area contributed by atoms with E-state index in [1.165, 1.54) is 0 Å². The minimum atomic E-state index is 0.516. The Balaban J connectivity index is 1.95. The van der Waals surface area contributed by atoms with Gasteiger partial charge in [0.25, 0.3) is 5.89 Å². The fourth-order valence-corrected chi connectivity index (χ4v) is 1.76. The van der Waals surface area contributed by atoms with E-state index >= 15 is 0 Å². The second kappa shape index (κ2) is 7.62. The van der Waals surface area contributed by atoms with E-state index in [1.807, 2.05) is 31.3 Å². The molecule has 0 bridgehead atoms. The van der Waals surface area contributed by atoms with Gasteiger partial charge in [-0.1, -0.05) is 17.3 Å². The Morgan fingerprint density at radius 3 is 2.85 bits per heavy atom. The van der Waals surface area contributed by atoms with Gasteiger partial charge in [0.2, 0.25) is 0 Å². The topological polar surface area (TPSA) is 69.4 Å². The van der Waals surface area contributed by atoms with Gasteiger partial charge in [-0.25, -0.2) is 0 Å². The van der Waals surface area contributed by atoms with Crippen molar-refractivity contribution in [3.05, 3.63) is 30.1 Å². The molecule has 0 radical (unpaired) electrons. The number of aromatic nitrogens is 2. The summed E-state index contributed by atoms with van der Waals surface area (Å²) in [6.45, 7) is 1.72. The van der Waals surface area contributed by atoms with Gasteiger partial charge in [0.05, 0.1) is 25.4 Å². The van der Waals surface area contributed by atoms with Crippen LogP contribution in [0.15, 0.2) is 28.8 Å². The van der Waals surface area contributed by atoms with Crippen LogP contribution in [-0.4, -0.2) is 44.1 Å². The van der Waals surface area contributed by atoms with Gasteiger partial charge in [-0.3, -0.25) is 0 Å². The summed E-state index contributed by atoms with van der Waals surface area (Å²) in [6.07, 6.45) is 0.620. The Morgan fingerprint density at radius 1 is 1.20 bits per heavy atom. The number of para-hydroxylation sites is 1. The maximum Gasteiger partial charge on any atom is 0.260 e. The molecule has 0 spiro atoms. The van der Waals surface area contributed by atoms with Crippen LogP contribution in [0.2, 0.25) is 0 Å². The van der Waals surface area contributed by atoms with Gasteiger partial charge in [0.15, 0.2) is 5.82 Å². The van der Waals surface area contributed by atoms with E-state index in [-0.39, 0.29) is 0 Å². The number of methoxy groups -OCH3 is 1. The van der Waals surface area contributed by atoms with Gasteiger partial charge >= 0.3 is 0 Å². The lowest BCUT2D eigenvalue weighted by Gasteiger charge is -2.03. The Labute approximate surface area is 118 Å². The Morgan fingerprint density at radius 2 is 2.05 bits per heavy atom. The van der Waals surface area contributed by atoms with Crippen molar-refractivity contribution in [1.29, 1.82) is 0 Å². The van der Waals surface area contributed by atoms with Gasteiger partial charge in [0.1, 0.15) is 0 Å². The molecular weight excluding hydrogens is 258 g/mol. The number of nitrogens with zero attached hydrogens (tertiary/aromatic N) is 2. The molecule has 1 heterocycles. The first-order valence-corrected chi connectivity index (χ1v) is 6.51. The minimum Gasteiger partial charge on any atom is -0.387 e. The Hall–Kier alpha value is -1.92. The highest BCUT2D eigenvalue weighted by Crippen LogP contribution is 2.25. The van der Waals surface area contributed by atoms with Crippen LogP contribution in [0.1, 0.15) is 5.82 Å². The highest BCUT2D eigenvalue weighted by Gasteiger charge is 2.11. The average Bonchev–Trinajstić information content (AvgIpc) is 2.95. The quantitative estimate of drug-likeness (QED) is 0.744. The van der Waals surface area contributed by atoms with E-state index in [2.05, 4.69) is 15.5 Å². The first kappa shape index (κ1) is 14.5. The van der Waals surface area contributed by atoms with Crippen molar-refractivity contribution in [3.63, 3.8) is 0 Å². The number of ether oxygens (including phenoxy) is 2. The lowest BCUT2D eigenvalue weighted by molar-refractivity contribution is 0.0714. The predicted molar refractivity (Wildman–Crippen MR) is 75.7 cm³/mol. The third-order valence-corrected chi connectivity index (χ3v) is 2.80. The van der Waals surface area contributed by atoms with Crippen LogP contribution in [0, 0.1) is 0 Å². The highest BCUT2D eigenvalue weighted by molar-refractivity contribution is 5.71. The number of rotatable bonds is 8. The van der Waals surface area contributed by atoms with Crippen molar-refractivity contribution < 1.29 is 14.0 Å². The number of nitrogens with one attached hydrogen (secondary N) is 1. The first-order chi connectivity index (χ1) is 9.85. The summed E-state index contributed by atoms with van der Waals surface area (Å²) in [4.78, 5) is 4.38. The molecule has 0 amide bonds. The van der Waals surface area contributed by atoms with Crippen LogP contribution in [0.3, 0.4) is 0 Å². The number of benzene rings is 1. The zero-order chi connectivity index (χ0) is 14.2. The summed E-state index contributed by atoms with van der Waals surface area (Å²) in [5.41, 5.74) is 1.85. The predicted octanol–water partition coefficient (Wildman–Crippen LogP) is 1.98. The molecule has 1 aromatic carbocycles. The van der Waals surface area contributed by atoms with Gasteiger partial charge in [-0.05, 0) is 12.1 Å². The largest absolute Gasteiger partial charge is 0.387 e.